The summed E-state index contributed by atoms with van der Waals surface area (Å²) in [5, 5.41) is 8.21. The van der Waals surface area contributed by atoms with Gasteiger partial charge in [-0.2, -0.15) is 0 Å². The molecule has 0 aliphatic heterocycles. The van der Waals surface area contributed by atoms with Crippen LogP contribution in [0, 0.1) is 0 Å². The van der Waals surface area contributed by atoms with Crippen LogP contribution in [0.15, 0.2) is 24.2 Å². The van der Waals surface area contributed by atoms with Crippen molar-refractivity contribution < 1.29 is 4.79 Å². The van der Waals surface area contributed by atoms with E-state index < -0.39 is 0 Å². The third kappa shape index (κ3) is 2.72. The Kier molecular flexibility index (Phi) is 3.50. The third-order valence-electron chi connectivity index (χ3n) is 2.55. The summed E-state index contributed by atoms with van der Waals surface area (Å²) >= 11 is 1.39. The molecule has 8 nitrogen and oxygen atoms in total. The second-order valence-electron chi connectivity index (χ2n) is 3.89. The van der Waals surface area contributed by atoms with E-state index in [2.05, 4.69) is 35.6 Å². The fourth-order valence-electron chi connectivity index (χ4n) is 1.66. The average molecular weight is 289 g/mol. The number of hydrogen-bond donors (Lipinski definition) is 3. The lowest BCUT2D eigenvalue weighted by atomic mass is 10.4. The van der Waals surface area contributed by atoms with Crippen molar-refractivity contribution in [3.05, 3.63) is 24.2 Å². The molecule has 0 spiro atoms. The molecule has 9 heteroatoms. The summed E-state index contributed by atoms with van der Waals surface area (Å²) in [6.07, 6.45) is 4.95. The van der Waals surface area contributed by atoms with E-state index in [-0.39, 0.29) is 5.91 Å². The van der Waals surface area contributed by atoms with Gasteiger partial charge in [-0.25, -0.2) is 19.9 Å². The van der Waals surface area contributed by atoms with Crippen molar-refractivity contribution in [3.8, 4) is 0 Å². The lowest BCUT2D eigenvalue weighted by Crippen LogP contribution is -2.16. The summed E-state index contributed by atoms with van der Waals surface area (Å²) in [6, 6.07) is 0. The van der Waals surface area contributed by atoms with Crippen molar-refractivity contribution in [2.75, 3.05) is 17.2 Å². The SMILES string of the molecule is O=C(CCNc1ncnc2nc[nH]c12)Nc1nccs1. The number of anilines is 2. The molecule has 0 aromatic carbocycles. The molecule has 0 unspecified atom stereocenters. The van der Waals surface area contributed by atoms with Gasteiger partial charge in [-0.1, -0.05) is 0 Å². The van der Waals surface area contributed by atoms with Crippen LogP contribution in [0.25, 0.3) is 11.2 Å². The zero-order chi connectivity index (χ0) is 13.8. The number of fused-ring (bicyclic) bond motifs is 1. The first-order chi connectivity index (χ1) is 9.83. The molecule has 0 bridgehead atoms. The third-order valence-corrected chi connectivity index (χ3v) is 3.23. The van der Waals surface area contributed by atoms with Crippen LogP contribution in [0.5, 0.6) is 0 Å². The van der Waals surface area contributed by atoms with Gasteiger partial charge in [-0.3, -0.25) is 4.79 Å². The molecule has 0 radical (unpaired) electrons. The molecule has 3 rings (SSSR count). The van der Waals surface area contributed by atoms with Crippen LogP contribution in [0.3, 0.4) is 0 Å². The number of nitrogens with one attached hydrogen (secondary N) is 3. The van der Waals surface area contributed by atoms with Crippen LogP contribution in [0.4, 0.5) is 10.9 Å². The largest absolute Gasteiger partial charge is 0.368 e. The average Bonchev–Trinajstić information content (AvgIpc) is 3.09. The molecule has 0 saturated heterocycles. The van der Waals surface area contributed by atoms with Crippen LogP contribution in [0.2, 0.25) is 0 Å². The molecule has 3 heterocycles. The molecule has 102 valence electrons. The minimum Gasteiger partial charge on any atom is -0.368 e. The zero-order valence-electron chi connectivity index (χ0n) is 10.3. The van der Waals surface area contributed by atoms with Gasteiger partial charge in [0.05, 0.1) is 6.33 Å². The molecule has 0 fully saturated rings. The number of carbonyl (C=O) groups is 1. The summed E-state index contributed by atoms with van der Waals surface area (Å²) < 4.78 is 0. The predicted molar refractivity (Wildman–Crippen MR) is 75.5 cm³/mol. The first-order valence-corrected chi connectivity index (χ1v) is 6.78. The van der Waals surface area contributed by atoms with Gasteiger partial charge < -0.3 is 15.6 Å². The van der Waals surface area contributed by atoms with Gasteiger partial charge in [-0.05, 0) is 0 Å². The smallest absolute Gasteiger partial charge is 0.227 e. The number of thiazole rings is 1. The van der Waals surface area contributed by atoms with E-state index in [9.17, 15) is 4.79 Å². The van der Waals surface area contributed by atoms with Crippen LogP contribution < -0.4 is 10.6 Å². The Labute approximate surface area is 117 Å². The summed E-state index contributed by atoms with van der Waals surface area (Å²) in [5.74, 6) is 0.539. The summed E-state index contributed by atoms with van der Waals surface area (Å²) in [7, 11) is 0. The van der Waals surface area contributed by atoms with E-state index in [1.54, 1.807) is 12.5 Å². The summed E-state index contributed by atoms with van der Waals surface area (Å²) in [5.41, 5.74) is 1.32. The van der Waals surface area contributed by atoms with Crippen LogP contribution >= 0.6 is 11.3 Å². The predicted octanol–water partition coefficient (Wildman–Crippen LogP) is 1.25. The number of imidazole rings is 1. The maximum Gasteiger partial charge on any atom is 0.227 e. The van der Waals surface area contributed by atoms with Crippen molar-refractivity contribution >= 4 is 39.4 Å². The van der Waals surface area contributed by atoms with Crippen LogP contribution in [0.1, 0.15) is 6.42 Å². The molecule has 0 saturated carbocycles. The maximum atomic E-state index is 11.7. The molecule has 0 atom stereocenters. The Morgan fingerprint density at radius 1 is 1.30 bits per heavy atom. The Hall–Kier alpha value is -2.55. The molecule has 20 heavy (non-hydrogen) atoms. The quantitative estimate of drug-likeness (QED) is 0.652. The zero-order valence-corrected chi connectivity index (χ0v) is 11.1. The van der Waals surface area contributed by atoms with Gasteiger partial charge in [-0.15, -0.1) is 11.3 Å². The number of aromatic nitrogens is 5. The number of amides is 1. The van der Waals surface area contributed by atoms with Crippen LogP contribution in [-0.4, -0.2) is 37.4 Å². The normalized spacial score (nSPS) is 10.6. The van der Waals surface area contributed by atoms with Crippen molar-refractivity contribution in [2.45, 2.75) is 6.42 Å². The number of nitrogens with zero attached hydrogens (tertiary/aromatic N) is 4. The van der Waals surface area contributed by atoms with Gasteiger partial charge in [0.1, 0.15) is 11.8 Å². The number of hydrogen-bond acceptors (Lipinski definition) is 7. The molecule has 0 aliphatic carbocycles. The summed E-state index contributed by atoms with van der Waals surface area (Å²) in [4.78, 5) is 30.8. The minimum atomic E-state index is -0.0950. The molecule has 3 aromatic rings. The lowest BCUT2D eigenvalue weighted by molar-refractivity contribution is -0.115. The van der Waals surface area contributed by atoms with Crippen molar-refractivity contribution in [1.82, 2.24) is 24.9 Å². The van der Waals surface area contributed by atoms with E-state index in [0.717, 1.165) is 5.52 Å². The molecule has 3 aromatic heterocycles. The highest BCUT2D eigenvalue weighted by molar-refractivity contribution is 7.13. The highest BCUT2D eigenvalue weighted by Crippen LogP contribution is 2.14. The number of aromatic amines is 1. The van der Waals surface area contributed by atoms with E-state index >= 15 is 0 Å². The number of H-pyrrole nitrogens is 1. The lowest BCUT2D eigenvalue weighted by Gasteiger charge is -2.05. The van der Waals surface area contributed by atoms with E-state index in [4.69, 9.17) is 0 Å². The van der Waals surface area contributed by atoms with Gasteiger partial charge in [0, 0.05) is 24.5 Å². The minimum absolute atomic E-state index is 0.0950. The van der Waals surface area contributed by atoms with Crippen molar-refractivity contribution in [3.63, 3.8) is 0 Å². The first-order valence-electron chi connectivity index (χ1n) is 5.90. The first kappa shape index (κ1) is 12.5. The molecular formula is C11H11N7OS. The standard InChI is InChI=1S/C11H11N7OS/c19-7(18-11-13-3-4-20-11)1-2-12-9-8-10(15-5-14-8)17-6-16-9/h3-6H,1-2H2,(H,13,18,19)(H2,12,14,15,16,17). The number of rotatable bonds is 5. The highest BCUT2D eigenvalue weighted by Gasteiger charge is 2.07. The Balaban J connectivity index is 1.55. The Morgan fingerprint density at radius 2 is 2.25 bits per heavy atom. The van der Waals surface area contributed by atoms with Gasteiger partial charge in [0.15, 0.2) is 16.6 Å². The Bertz CT molecular complexity index is 708. The Morgan fingerprint density at radius 3 is 3.10 bits per heavy atom. The van der Waals surface area contributed by atoms with Crippen LogP contribution in [-0.2, 0) is 4.79 Å². The van der Waals surface area contributed by atoms with Gasteiger partial charge in [0.2, 0.25) is 5.91 Å². The van der Waals surface area contributed by atoms with Crippen molar-refractivity contribution in [2.24, 2.45) is 0 Å². The second kappa shape index (κ2) is 5.61. The molecule has 1 amide bonds. The molecule has 0 aliphatic rings. The monoisotopic (exact) mass is 289 g/mol. The van der Waals surface area contributed by atoms with Crippen molar-refractivity contribution in [1.29, 1.82) is 0 Å². The van der Waals surface area contributed by atoms with Gasteiger partial charge in [0.25, 0.3) is 0 Å². The fourth-order valence-corrected chi connectivity index (χ4v) is 2.21. The topological polar surface area (TPSA) is 108 Å². The molecular weight excluding hydrogens is 278 g/mol. The fraction of sp³-hybridized carbons (Fsp3) is 0.182. The molecule has 3 N–H and O–H groups in total. The summed E-state index contributed by atoms with van der Waals surface area (Å²) in [6.45, 7) is 0.461. The van der Waals surface area contributed by atoms with Gasteiger partial charge >= 0.3 is 0 Å². The highest BCUT2D eigenvalue weighted by atomic mass is 32.1. The second-order valence-corrected chi connectivity index (χ2v) is 4.78. The number of carbonyl (C=O) groups excluding carboxylic acids is 1. The van der Waals surface area contributed by atoms with E-state index in [1.165, 1.54) is 17.7 Å². The van der Waals surface area contributed by atoms with E-state index in [0.29, 0.717) is 29.6 Å². The maximum absolute atomic E-state index is 11.7. The van der Waals surface area contributed by atoms with E-state index in [1.807, 2.05) is 5.38 Å².